The highest BCUT2D eigenvalue weighted by Crippen LogP contribution is 2.42. The second-order valence-corrected chi connectivity index (χ2v) is 7.69. The summed E-state index contributed by atoms with van der Waals surface area (Å²) in [7, 11) is -4.13. The Balaban J connectivity index is 1.90. The molecule has 3 rings (SSSR count). The summed E-state index contributed by atoms with van der Waals surface area (Å²) < 4.78 is 26.9. The van der Waals surface area contributed by atoms with E-state index in [-0.39, 0.29) is 11.5 Å². The Morgan fingerprint density at radius 3 is 2.87 bits per heavy atom. The number of hydrogen-bond acceptors (Lipinski definition) is 5. The normalized spacial score (nSPS) is 24.8. The minimum Gasteiger partial charge on any atom is -0.504 e. The molecule has 0 spiro atoms. The Bertz CT molecular complexity index is 688. The number of phenols is 1. The van der Waals surface area contributed by atoms with E-state index in [9.17, 15) is 13.5 Å². The zero-order chi connectivity index (χ0) is 16.6. The van der Waals surface area contributed by atoms with Crippen molar-refractivity contribution in [3.8, 4) is 11.5 Å². The number of fused-ring (bicyclic) bond motifs is 2. The van der Waals surface area contributed by atoms with E-state index >= 15 is 0 Å². The Morgan fingerprint density at radius 1 is 1.39 bits per heavy atom. The molecule has 2 aliphatic rings. The predicted molar refractivity (Wildman–Crippen MR) is 87.6 cm³/mol. The third kappa shape index (κ3) is 3.46. The molecule has 0 saturated carbocycles. The maximum Gasteiger partial charge on any atom is 0.380 e. The lowest BCUT2D eigenvalue weighted by atomic mass is 9.75. The number of nitrogens with zero attached hydrogens (tertiary/aromatic N) is 1. The topological polar surface area (TPSA) is 92.9 Å². The van der Waals surface area contributed by atoms with Gasteiger partial charge in [-0.25, -0.2) is 0 Å². The fourth-order valence-corrected chi connectivity index (χ4v) is 4.45. The van der Waals surface area contributed by atoms with Crippen molar-refractivity contribution in [2.24, 2.45) is 11.1 Å². The number of aromatic hydroxyl groups is 1. The van der Waals surface area contributed by atoms with Gasteiger partial charge in [-0.15, -0.1) is 0 Å². The van der Waals surface area contributed by atoms with Crippen molar-refractivity contribution in [1.82, 2.24) is 4.90 Å². The standard InChI is InChI=1S/C16H24N2O4S/c1-2-7-18-8-3-4-12-9-13-11(10-14(12)18)5-6-15(16(13)19)22-23(17,20)21/h5-6,12,14,19H,2-4,7-10H2,1H3,(H2,17,20,21). The van der Waals surface area contributed by atoms with Crippen LogP contribution in [0.5, 0.6) is 11.5 Å². The van der Waals surface area contributed by atoms with Crippen molar-refractivity contribution in [3.05, 3.63) is 23.3 Å². The first kappa shape index (κ1) is 16.5. The summed E-state index contributed by atoms with van der Waals surface area (Å²) >= 11 is 0. The minimum absolute atomic E-state index is 0.0778. The molecule has 1 saturated heterocycles. The summed E-state index contributed by atoms with van der Waals surface area (Å²) in [6.07, 6.45) is 5.11. The monoisotopic (exact) mass is 340 g/mol. The van der Waals surface area contributed by atoms with Crippen LogP contribution in [0.2, 0.25) is 0 Å². The minimum atomic E-state index is -4.13. The number of hydrogen-bond donors (Lipinski definition) is 2. The van der Waals surface area contributed by atoms with Gasteiger partial charge < -0.3 is 9.29 Å². The Morgan fingerprint density at radius 2 is 2.17 bits per heavy atom. The van der Waals surface area contributed by atoms with Gasteiger partial charge in [0, 0.05) is 11.6 Å². The molecule has 1 fully saturated rings. The zero-order valence-electron chi connectivity index (χ0n) is 13.4. The van der Waals surface area contributed by atoms with Crippen LogP contribution in [-0.2, 0) is 23.1 Å². The van der Waals surface area contributed by atoms with Crippen LogP contribution in [0.1, 0.15) is 37.3 Å². The average Bonchev–Trinajstić information content (AvgIpc) is 2.48. The van der Waals surface area contributed by atoms with Gasteiger partial charge in [0.15, 0.2) is 11.5 Å². The molecule has 6 nitrogen and oxygen atoms in total. The van der Waals surface area contributed by atoms with Crippen LogP contribution in [0.3, 0.4) is 0 Å². The second-order valence-electron chi connectivity index (χ2n) is 6.54. The molecular formula is C16H24N2O4S. The summed E-state index contributed by atoms with van der Waals surface area (Å²) in [5.74, 6) is 0.340. The molecule has 23 heavy (non-hydrogen) atoms. The summed E-state index contributed by atoms with van der Waals surface area (Å²) in [5, 5.41) is 15.3. The van der Waals surface area contributed by atoms with Gasteiger partial charge in [0.25, 0.3) is 0 Å². The van der Waals surface area contributed by atoms with E-state index in [4.69, 9.17) is 5.14 Å². The summed E-state index contributed by atoms with van der Waals surface area (Å²) in [6.45, 7) is 4.45. The first-order valence-corrected chi connectivity index (χ1v) is 9.66. The lowest BCUT2D eigenvalue weighted by Gasteiger charge is -2.44. The number of rotatable bonds is 4. The van der Waals surface area contributed by atoms with E-state index in [0.717, 1.165) is 49.9 Å². The predicted octanol–water partition coefficient (Wildman–Crippen LogP) is 1.56. The van der Waals surface area contributed by atoms with Crippen molar-refractivity contribution in [2.45, 2.75) is 45.1 Å². The van der Waals surface area contributed by atoms with Gasteiger partial charge in [-0.1, -0.05) is 13.0 Å². The van der Waals surface area contributed by atoms with Crippen molar-refractivity contribution in [2.75, 3.05) is 13.1 Å². The molecule has 128 valence electrons. The van der Waals surface area contributed by atoms with Crippen molar-refractivity contribution >= 4 is 10.3 Å². The Labute approximate surface area is 137 Å². The first-order chi connectivity index (χ1) is 10.9. The molecule has 3 N–H and O–H groups in total. The highest BCUT2D eigenvalue weighted by molar-refractivity contribution is 7.84. The molecule has 1 aromatic rings. The molecule has 7 heteroatoms. The van der Waals surface area contributed by atoms with E-state index in [1.54, 1.807) is 0 Å². The Kier molecular flexibility index (Phi) is 4.53. The molecule has 1 aliphatic carbocycles. The SMILES string of the molecule is CCCN1CCCC2Cc3c(ccc(OS(N)(=O)=O)c3O)CC21. The number of nitrogens with two attached hydrogens (primary N) is 1. The molecule has 0 aromatic heterocycles. The van der Waals surface area contributed by atoms with Gasteiger partial charge in [-0.3, -0.25) is 4.90 Å². The van der Waals surface area contributed by atoms with Crippen LogP contribution >= 0.6 is 0 Å². The van der Waals surface area contributed by atoms with Gasteiger partial charge in [0.2, 0.25) is 0 Å². The van der Waals surface area contributed by atoms with E-state index in [0.29, 0.717) is 12.0 Å². The fourth-order valence-electron chi connectivity index (χ4n) is 4.07. The lowest BCUT2D eigenvalue weighted by Crippen LogP contribution is -2.49. The zero-order valence-corrected chi connectivity index (χ0v) is 14.2. The van der Waals surface area contributed by atoms with Gasteiger partial charge >= 0.3 is 10.3 Å². The first-order valence-electron chi connectivity index (χ1n) is 8.19. The fraction of sp³-hybridized carbons (Fsp3) is 0.625. The molecular weight excluding hydrogens is 316 g/mol. The molecule has 2 unspecified atom stereocenters. The largest absolute Gasteiger partial charge is 0.504 e. The molecule has 0 bridgehead atoms. The van der Waals surface area contributed by atoms with Crippen LogP contribution in [0.15, 0.2) is 12.1 Å². The van der Waals surface area contributed by atoms with E-state index in [1.165, 1.54) is 12.5 Å². The lowest BCUT2D eigenvalue weighted by molar-refractivity contribution is 0.0849. The average molecular weight is 340 g/mol. The molecule has 0 amide bonds. The summed E-state index contributed by atoms with van der Waals surface area (Å²) in [6, 6.07) is 3.86. The number of likely N-dealkylation sites (tertiary alicyclic amines) is 1. The molecule has 1 aromatic carbocycles. The van der Waals surface area contributed by atoms with Crippen LogP contribution in [0.25, 0.3) is 0 Å². The van der Waals surface area contributed by atoms with Crippen molar-refractivity contribution in [1.29, 1.82) is 0 Å². The second kappa shape index (κ2) is 6.30. The molecule has 1 aliphatic heterocycles. The smallest absolute Gasteiger partial charge is 0.380 e. The van der Waals surface area contributed by atoms with Gasteiger partial charge in [-0.2, -0.15) is 13.6 Å². The van der Waals surface area contributed by atoms with Crippen LogP contribution in [0, 0.1) is 5.92 Å². The summed E-state index contributed by atoms with van der Waals surface area (Å²) in [4.78, 5) is 2.56. The van der Waals surface area contributed by atoms with E-state index in [1.807, 2.05) is 6.07 Å². The molecule has 0 radical (unpaired) electrons. The van der Waals surface area contributed by atoms with Crippen LogP contribution in [-0.4, -0.2) is 37.6 Å². The van der Waals surface area contributed by atoms with E-state index in [2.05, 4.69) is 16.0 Å². The quantitative estimate of drug-likeness (QED) is 0.868. The summed E-state index contributed by atoms with van der Waals surface area (Å²) in [5.41, 5.74) is 1.89. The maximum atomic E-state index is 11.1. The third-order valence-corrected chi connectivity index (χ3v) is 5.40. The van der Waals surface area contributed by atoms with Gasteiger partial charge in [-0.05, 0) is 62.7 Å². The highest BCUT2D eigenvalue weighted by atomic mass is 32.2. The van der Waals surface area contributed by atoms with Crippen LogP contribution in [0.4, 0.5) is 0 Å². The molecule has 1 heterocycles. The molecule has 2 atom stereocenters. The van der Waals surface area contributed by atoms with Crippen molar-refractivity contribution in [3.63, 3.8) is 0 Å². The Hall–Kier alpha value is -1.31. The number of benzene rings is 1. The highest BCUT2D eigenvalue weighted by Gasteiger charge is 2.36. The number of piperidine rings is 1. The van der Waals surface area contributed by atoms with Crippen LogP contribution < -0.4 is 9.32 Å². The van der Waals surface area contributed by atoms with E-state index < -0.39 is 10.3 Å². The van der Waals surface area contributed by atoms with Gasteiger partial charge in [0.1, 0.15) is 0 Å². The number of phenolic OH excluding ortho intramolecular Hbond substituents is 1. The van der Waals surface area contributed by atoms with Crippen molar-refractivity contribution < 1.29 is 17.7 Å². The van der Waals surface area contributed by atoms with Gasteiger partial charge in [0.05, 0.1) is 0 Å². The maximum absolute atomic E-state index is 11.1. The third-order valence-electron chi connectivity index (χ3n) is 4.99.